The van der Waals surface area contributed by atoms with E-state index in [4.69, 9.17) is 0 Å². The van der Waals surface area contributed by atoms with Crippen molar-refractivity contribution in [3.8, 4) is 23.0 Å². The van der Waals surface area contributed by atoms with Crippen LogP contribution >= 0.6 is 0 Å². The zero-order valence-corrected chi connectivity index (χ0v) is 20.9. The third-order valence-corrected chi connectivity index (χ3v) is 6.61. The molecule has 8 nitrogen and oxygen atoms in total. The molecule has 0 spiro atoms. The lowest BCUT2D eigenvalue weighted by atomic mass is 10.0. The van der Waals surface area contributed by atoms with Crippen LogP contribution < -0.4 is 0 Å². The SMILES string of the molecule is C=CCc1c(O)ccc(C(=O)N2CCCC2)c1O.CCCc1c(O)ccc(C(=O)N2CCCC2)c1O. The molecule has 2 aromatic carbocycles. The molecule has 4 rings (SSSR count). The van der Waals surface area contributed by atoms with Gasteiger partial charge < -0.3 is 30.2 Å². The molecule has 0 bridgehead atoms. The molecule has 0 radical (unpaired) electrons. The number of hydrogen-bond donors (Lipinski definition) is 4. The minimum Gasteiger partial charge on any atom is -0.508 e. The Labute approximate surface area is 212 Å². The normalized spacial score (nSPS) is 14.9. The van der Waals surface area contributed by atoms with Crippen molar-refractivity contribution >= 4 is 11.8 Å². The second-order valence-electron chi connectivity index (χ2n) is 9.16. The third-order valence-electron chi connectivity index (χ3n) is 6.61. The van der Waals surface area contributed by atoms with Crippen LogP contribution in [-0.4, -0.2) is 68.2 Å². The van der Waals surface area contributed by atoms with Crippen LogP contribution in [0.15, 0.2) is 36.9 Å². The van der Waals surface area contributed by atoms with Crippen LogP contribution in [-0.2, 0) is 12.8 Å². The fourth-order valence-electron chi connectivity index (χ4n) is 4.62. The Morgan fingerprint density at radius 1 is 0.778 bits per heavy atom. The summed E-state index contributed by atoms with van der Waals surface area (Å²) in [7, 11) is 0. The van der Waals surface area contributed by atoms with Crippen molar-refractivity contribution in [2.75, 3.05) is 26.2 Å². The Balaban J connectivity index is 0.000000201. The predicted molar refractivity (Wildman–Crippen MR) is 138 cm³/mol. The zero-order valence-electron chi connectivity index (χ0n) is 20.9. The Bertz CT molecular complexity index is 1100. The van der Waals surface area contributed by atoms with E-state index in [1.54, 1.807) is 15.9 Å². The van der Waals surface area contributed by atoms with E-state index >= 15 is 0 Å². The van der Waals surface area contributed by atoms with Crippen molar-refractivity contribution < 1.29 is 30.0 Å². The van der Waals surface area contributed by atoms with E-state index < -0.39 is 0 Å². The molecule has 2 heterocycles. The monoisotopic (exact) mass is 496 g/mol. The second-order valence-corrected chi connectivity index (χ2v) is 9.16. The van der Waals surface area contributed by atoms with E-state index in [2.05, 4.69) is 6.58 Å². The van der Waals surface area contributed by atoms with Crippen LogP contribution in [0, 0.1) is 0 Å². The summed E-state index contributed by atoms with van der Waals surface area (Å²) in [6.07, 6.45) is 7.34. The molecule has 36 heavy (non-hydrogen) atoms. The van der Waals surface area contributed by atoms with E-state index in [1.165, 1.54) is 24.3 Å². The molecule has 2 aliphatic heterocycles. The van der Waals surface area contributed by atoms with Crippen LogP contribution in [0.3, 0.4) is 0 Å². The maximum absolute atomic E-state index is 12.2. The van der Waals surface area contributed by atoms with E-state index in [9.17, 15) is 30.0 Å². The zero-order chi connectivity index (χ0) is 26.2. The first-order valence-electron chi connectivity index (χ1n) is 12.6. The Kier molecular flexibility index (Phi) is 9.22. The van der Waals surface area contributed by atoms with Gasteiger partial charge in [-0.25, -0.2) is 0 Å². The lowest BCUT2D eigenvalue weighted by Crippen LogP contribution is -2.27. The standard InChI is InChI=1S/C14H19NO3.C14H17NO3/c2*1-2-5-10-12(16)7-6-11(13(10)17)14(18)15-8-3-4-9-15/h6-7,16-17H,2-5,8-9H2,1H3;2,6-7,16-17H,1,3-5,8-9H2. The first kappa shape index (κ1) is 26.9. The van der Waals surface area contributed by atoms with Crippen molar-refractivity contribution in [2.24, 2.45) is 0 Å². The van der Waals surface area contributed by atoms with E-state index in [0.717, 1.165) is 58.3 Å². The van der Waals surface area contributed by atoms with Crippen LogP contribution in [0.1, 0.15) is 70.9 Å². The minimum atomic E-state index is -0.171. The highest BCUT2D eigenvalue weighted by molar-refractivity contribution is 5.98. The van der Waals surface area contributed by atoms with Gasteiger partial charge in [-0.05, 0) is 62.8 Å². The number of benzene rings is 2. The molecular formula is C28H36N2O6. The number of aromatic hydroxyl groups is 4. The fourth-order valence-corrected chi connectivity index (χ4v) is 4.62. The van der Waals surface area contributed by atoms with Gasteiger partial charge in [-0.15, -0.1) is 6.58 Å². The summed E-state index contributed by atoms with van der Waals surface area (Å²) in [6.45, 7) is 8.51. The summed E-state index contributed by atoms with van der Waals surface area (Å²) in [6, 6.07) is 5.91. The second kappa shape index (κ2) is 12.3. The van der Waals surface area contributed by atoms with Crippen LogP contribution in [0.2, 0.25) is 0 Å². The number of carbonyl (C=O) groups excluding carboxylic acids is 2. The Morgan fingerprint density at radius 2 is 1.19 bits per heavy atom. The third kappa shape index (κ3) is 5.93. The topological polar surface area (TPSA) is 122 Å². The van der Waals surface area contributed by atoms with Crippen LogP contribution in [0.25, 0.3) is 0 Å². The number of rotatable bonds is 6. The van der Waals surface area contributed by atoms with Crippen LogP contribution in [0.5, 0.6) is 23.0 Å². The van der Waals surface area contributed by atoms with Crippen molar-refractivity contribution in [3.05, 3.63) is 59.2 Å². The molecule has 2 fully saturated rings. The number of hydrogen-bond acceptors (Lipinski definition) is 6. The average Bonchev–Trinajstić information content (AvgIpc) is 3.59. The van der Waals surface area contributed by atoms with Gasteiger partial charge in [0.2, 0.25) is 0 Å². The maximum Gasteiger partial charge on any atom is 0.257 e. The molecule has 2 amide bonds. The summed E-state index contributed by atoms with van der Waals surface area (Å²) < 4.78 is 0. The molecule has 0 saturated carbocycles. The smallest absolute Gasteiger partial charge is 0.257 e. The number of amides is 2. The van der Waals surface area contributed by atoms with Gasteiger partial charge in [0.25, 0.3) is 11.8 Å². The molecule has 0 aromatic heterocycles. The largest absolute Gasteiger partial charge is 0.508 e. The molecule has 0 aliphatic carbocycles. The van der Waals surface area contributed by atoms with Crippen molar-refractivity contribution in [1.82, 2.24) is 9.80 Å². The van der Waals surface area contributed by atoms with Gasteiger partial charge in [-0.3, -0.25) is 9.59 Å². The molecule has 2 aromatic rings. The van der Waals surface area contributed by atoms with Gasteiger partial charge >= 0.3 is 0 Å². The number of likely N-dealkylation sites (tertiary alicyclic amines) is 2. The van der Waals surface area contributed by atoms with Gasteiger partial charge in [0.1, 0.15) is 23.0 Å². The predicted octanol–water partition coefficient (Wildman–Crippen LogP) is 4.35. The highest BCUT2D eigenvalue weighted by Crippen LogP contribution is 2.34. The minimum absolute atomic E-state index is 0.00891. The first-order chi connectivity index (χ1) is 17.3. The maximum atomic E-state index is 12.2. The summed E-state index contributed by atoms with van der Waals surface area (Å²) in [4.78, 5) is 27.9. The van der Waals surface area contributed by atoms with E-state index in [1.807, 2.05) is 6.92 Å². The van der Waals surface area contributed by atoms with Crippen molar-refractivity contribution in [2.45, 2.75) is 51.9 Å². The molecule has 8 heteroatoms. The Morgan fingerprint density at radius 3 is 1.61 bits per heavy atom. The number of phenols is 4. The van der Waals surface area contributed by atoms with Gasteiger partial charge in [0.15, 0.2) is 0 Å². The lowest BCUT2D eigenvalue weighted by Gasteiger charge is -2.17. The van der Waals surface area contributed by atoms with Gasteiger partial charge in [-0.2, -0.15) is 0 Å². The highest BCUT2D eigenvalue weighted by atomic mass is 16.3. The summed E-state index contributed by atoms with van der Waals surface area (Å²) >= 11 is 0. The molecule has 4 N–H and O–H groups in total. The van der Waals surface area contributed by atoms with Crippen molar-refractivity contribution in [3.63, 3.8) is 0 Å². The van der Waals surface area contributed by atoms with Gasteiger partial charge in [0, 0.05) is 37.3 Å². The summed E-state index contributed by atoms with van der Waals surface area (Å²) in [5.41, 5.74) is 1.39. The van der Waals surface area contributed by atoms with E-state index in [-0.39, 0.29) is 40.4 Å². The van der Waals surface area contributed by atoms with Crippen molar-refractivity contribution in [1.29, 1.82) is 0 Å². The van der Waals surface area contributed by atoms with Crippen LogP contribution in [0.4, 0.5) is 0 Å². The highest BCUT2D eigenvalue weighted by Gasteiger charge is 2.25. The quantitative estimate of drug-likeness (QED) is 0.441. The molecule has 2 saturated heterocycles. The van der Waals surface area contributed by atoms with Gasteiger partial charge in [-0.1, -0.05) is 19.4 Å². The molecule has 0 unspecified atom stereocenters. The summed E-state index contributed by atoms with van der Waals surface area (Å²) in [5, 5.41) is 39.6. The summed E-state index contributed by atoms with van der Waals surface area (Å²) in [5.74, 6) is -0.448. The fraction of sp³-hybridized carbons (Fsp3) is 0.429. The van der Waals surface area contributed by atoms with Gasteiger partial charge in [0.05, 0.1) is 11.1 Å². The molecule has 0 atom stereocenters. The number of allylic oxidation sites excluding steroid dienone is 1. The Hall–Kier alpha value is -3.68. The van der Waals surface area contributed by atoms with E-state index in [0.29, 0.717) is 29.5 Å². The first-order valence-corrected chi connectivity index (χ1v) is 12.6. The molecular weight excluding hydrogens is 460 g/mol. The number of nitrogens with zero attached hydrogens (tertiary/aromatic N) is 2. The average molecular weight is 497 g/mol. The lowest BCUT2D eigenvalue weighted by molar-refractivity contribution is 0.0781. The number of carbonyl (C=O) groups is 2. The number of phenolic OH excluding ortho intramolecular Hbond substituents is 4. The molecule has 194 valence electrons. The molecule has 2 aliphatic rings.